The second-order valence-electron chi connectivity index (χ2n) is 20.0. The van der Waals surface area contributed by atoms with Gasteiger partial charge in [-0.05, 0) is 142 Å². The van der Waals surface area contributed by atoms with Gasteiger partial charge in [0.05, 0.1) is 17.7 Å². The lowest BCUT2D eigenvalue weighted by Crippen LogP contribution is -2.48. The SMILES string of the molecule is CC(C)(C)OC(=O)/N=C(/NC(=O)OC(C)(C)C)N1CC=C(c2ccc(-c3nnc(-c4ccc(C5=CCN(/C(=N/C(=O)OC(C)(C)C)NC(=O)OC(C)(C)C)CC5)cc4F)n3CCO)c(F)c2)CC1. The summed E-state index contributed by atoms with van der Waals surface area (Å²) in [6.07, 6.45) is 1.07. The molecule has 68 heavy (non-hydrogen) atoms. The quantitative estimate of drug-likeness (QED) is 0.120. The first-order chi connectivity index (χ1) is 31.6. The summed E-state index contributed by atoms with van der Waals surface area (Å²) in [5.74, 6) is -1.20. The Bertz CT molecular complexity index is 2340. The predicted octanol–water partition coefficient (Wildman–Crippen LogP) is 8.69. The van der Waals surface area contributed by atoms with Crippen LogP contribution in [-0.4, -0.2) is 121 Å². The van der Waals surface area contributed by atoms with Crippen molar-refractivity contribution >= 4 is 47.4 Å². The predicted molar refractivity (Wildman–Crippen MR) is 252 cm³/mol. The van der Waals surface area contributed by atoms with E-state index in [1.807, 2.05) is 12.2 Å². The molecular weight excluding hydrogens is 885 g/mol. The standard InChI is InChI=1S/C48H63F2N9O9/c1-45(2,3)65-41(61)51-39(52-42(62)66-46(4,5)6)57-21-17-29(18-22-57)31-13-15-33(35(49)27-31)37-55-56-38(59(37)25-26-60)34-16-14-32(28-36(34)50)30-19-23-58(24-20-30)40(53-43(63)67-47(7,8)9)54-44(64)68-48(10,11)12/h13-17,19,27-28,60H,18,20-26H2,1-12H3,(H,51,52,61,62)(H,53,54,63,64). The van der Waals surface area contributed by atoms with Crippen LogP contribution in [0.4, 0.5) is 28.0 Å². The Labute approximate surface area is 395 Å². The van der Waals surface area contributed by atoms with Crippen LogP contribution >= 0.6 is 0 Å². The summed E-state index contributed by atoms with van der Waals surface area (Å²) in [5.41, 5.74) is -0.325. The summed E-state index contributed by atoms with van der Waals surface area (Å²) >= 11 is 0. The highest BCUT2D eigenvalue weighted by Gasteiger charge is 2.28. The van der Waals surface area contributed by atoms with Crippen LogP contribution < -0.4 is 10.6 Å². The fourth-order valence-corrected chi connectivity index (χ4v) is 6.94. The highest BCUT2D eigenvalue weighted by molar-refractivity contribution is 6.00. The van der Waals surface area contributed by atoms with Crippen molar-refractivity contribution in [2.75, 3.05) is 32.8 Å². The summed E-state index contributed by atoms with van der Waals surface area (Å²) in [5, 5.41) is 23.6. The first-order valence-electron chi connectivity index (χ1n) is 22.2. The molecule has 1 aromatic heterocycles. The molecular formula is C48H63F2N9O9. The van der Waals surface area contributed by atoms with Crippen LogP contribution in [0.2, 0.25) is 0 Å². The highest BCUT2D eigenvalue weighted by Crippen LogP contribution is 2.33. The van der Waals surface area contributed by atoms with Crippen LogP contribution in [0.25, 0.3) is 33.9 Å². The molecule has 0 saturated carbocycles. The van der Waals surface area contributed by atoms with Crippen LogP contribution in [0.15, 0.2) is 58.5 Å². The van der Waals surface area contributed by atoms with Crippen molar-refractivity contribution in [2.45, 2.75) is 125 Å². The molecule has 0 spiro atoms. The van der Waals surface area contributed by atoms with Gasteiger partial charge in [0, 0.05) is 32.7 Å². The van der Waals surface area contributed by atoms with E-state index in [1.54, 1.807) is 117 Å². The number of halogens is 2. The van der Waals surface area contributed by atoms with Gasteiger partial charge in [-0.25, -0.2) is 28.0 Å². The first kappa shape index (κ1) is 52.3. The lowest BCUT2D eigenvalue weighted by molar-refractivity contribution is 0.0536. The van der Waals surface area contributed by atoms with Crippen molar-refractivity contribution in [1.82, 2.24) is 35.2 Å². The number of aromatic nitrogens is 3. The van der Waals surface area contributed by atoms with Gasteiger partial charge in [-0.15, -0.1) is 20.2 Å². The van der Waals surface area contributed by atoms with E-state index in [-0.39, 0.29) is 60.9 Å². The van der Waals surface area contributed by atoms with Gasteiger partial charge in [-0.2, -0.15) is 0 Å². The number of alkyl carbamates (subject to hydrolysis) is 2. The molecule has 0 bridgehead atoms. The average molecular weight is 948 g/mol. The zero-order valence-corrected chi connectivity index (χ0v) is 40.9. The summed E-state index contributed by atoms with van der Waals surface area (Å²) in [6.45, 7) is 21.0. The van der Waals surface area contributed by atoms with E-state index in [1.165, 1.54) is 16.7 Å². The first-order valence-corrected chi connectivity index (χ1v) is 22.2. The molecule has 4 amide bonds. The number of hydrogen-bond donors (Lipinski definition) is 3. The minimum Gasteiger partial charge on any atom is -0.444 e. The largest absolute Gasteiger partial charge is 0.444 e. The van der Waals surface area contributed by atoms with Gasteiger partial charge in [0.1, 0.15) is 34.0 Å². The molecule has 0 fully saturated rings. The van der Waals surface area contributed by atoms with Crippen LogP contribution in [0.5, 0.6) is 0 Å². The molecule has 3 aromatic rings. The smallest absolute Gasteiger partial charge is 0.437 e. The maximum absolute atomic E-state index is 16.1. The van der Waals surface area contributed by atoms with E-state index < -0.39 is 58.4 Å². The maximum atomic E-state index is 16.1. The number of aliphatic hydroxyl groups excluding tert-OH is 1. The fourth-order valence-electron chi connectivity index (χ4n) is 6.94. The molecule has 2 aliphatic heterocycles. The Morgan fingerprint density at radius 1 is 0.618 bits per heavy atom. The minimum absolute atomic E-state index is 0.0540. The summed E-state index contributed by atoms with van der Waals surface area (Å²) in [6, 6.07) is 9.25. The van der Waals surface area contributed by atoms with E-state index in [0.29, 0.717) is 37.1 Å². The van der Waals surface area contributed by atoms with Crippen molar-refractivity contribution in [3.63, 3.8) is 0 Å². The summed E-state index contributed by atoms with van der Waals surface area (Å²) in [7, 11) is 0. The maximum Gasteiger partial charge on any atom is 0.437 e. The van der Waals surface area contributed by atoms with Gasteiger partial charge in [-0.3, -0.25) is 10.6 Å². The van der Waals surface area contributed by atoms with E-state index in [4.69, 9.17) is 18.9 Å². The number of guanidine groups is 2. The van der Waals surface area contributed by atoms with Crippen LogP contribution in [0, 0.1) is 11.6 Å². The van der Waals surface area contributed by atoms with Gasteiger partial charge in [0.15, 0.2) is 11.6 Å². The molecule has 18 nitrogen and oxygen atoms in total. The van der Waals surface area contributed by atoms with Gasteiger partial charge < -0.3 is 38.4 Å². The number of carbonyl (C=O) groups excluding carboxylic acids is 4. The number of benzene rings is 2. The number of amides is 4. The van der Waals surface area contributed by atoms with Gasteiger partial charge in [0.25, 0.3) is 0 Å². The van der Waals surface area contributed by atoms with E-state index >= 15 is 8.78 Å². The third kappa shape index (κ3) is 15.2. The van der Waals surface area contributed by atoms with Crippen LogP contribution in [0.3, 0.4) is 0 Å². The normalized spacial score (nSPS) is 15.3. The Kier molecular flexibility index (Phi) is 16.2. The fraction of sp³-hybridized carbons (Fsp3) is 0.500. The van der Waals surface area contributed by atoms with Gasteiger partial charge >= 0.3 is 24.4 Å². The summed E-state index contributed by atoms with van der Waals surface area (Å²) < 4.78 is 55.1. The lowest BCUT2D eigenvalue weighted by Gasteiger charge is -2.30. The molecule has 2 aliphatic rings. The number of rotatable bonds is 6. The van der Waals surface area contributed by atoms with Crippen molar-refractivity contribution in [3.05, 3.63) is 71.3 Å². The zero-order valence-electron chi connectivity index (χ0n) is 40.9. The number of nitrogens with zero attached hydrogens (tertiary/aromatic N) is 7. The van der Waals surface area contributed by atoms with E-state index in [9.17, 15) is 24.3 Å². The number of nitrogens with one attached hydrogen (secondary N) is 2. The Morgan fingerprint density at radius 3 is 1.28 bits per heavy atom. The molecule has 0 saturated heterocycles. The summed E-state index contributed by atoms with van der Waals surface area (Å²) in [4.78, 5) is 62.1. The second-order valence-corrected chi connectivity index (χ2v) is 20.0. The topological polar surface area (TPSA) is 211 Å². The lowest BCUT2D eigenvalue weighted by atomic mass is 9.97. The third-order valence-corrected chi connectivity index (χ3v) is 9.66. The molecule has 2 aromatic carbocycles. The van der Waals surface area contributed by atoms with Crippen LogP contribution in [-0.2, 0) is 25.5 Å². The van der Waals surface area contributed by atoms with E-state index in [0.717, 1.165) is 11.1 Å². The van der Waals surface area contributed by atoms with Crippen molar-refractivity contribution < 1.29 is 52.0 Å². The van der Waals surface area contributed by atoms with Crippen molar-refractivity contribution in [1.29, 1.82) is 0 Å². The molecule has 20 heteroatoms. The molecule has 0 atom stereocenters. The number of aliphatic imine (C=N–C) groups is 2. The molecule has 368 valence electrons. The van der Waals surface area contributed by atoms with E-state index in [2.05, 4.69) is 30.8 Å². The number of hydrogen-bond acceptors (Lipinski definition) is 11. The Balaban J connectivity index is 1.34. The molecule has 0 radical (unpaired) electrons. The molecule has 3 heterocycles. The average Bonchev–Trinajstić information content (AvgIpc) is 3.60. The van der Waals surface area contributed by atoms with Crippen molar-refractivity contribution in [2.24, 2.45) is 9.98 Å². The molecule has 0 unspecified atom stereocenters. The van der Waals surface area contributed by atoms with Gasteiger partial charge in [-0.1, -0.05) is 24.3 Å². The molecule has 5 rings (SSSR count). The minimum atomic E-state index is -0.893. The molecule has 3 N–H and O–H groups in total. The van der Waals surface area contributed by atoms with Crippen molar-refractivity contribution in [3.8, 4) is 22.8 Å². The number of ether oxygens (including phenoxy) is 4. The highest BCUT2D eigenvalue weighted by atomic mass is 19.1. The number of aliphatic hydroxyl groups is 1. The monoisotopic (exact) mass is 947 g/mol. The Hall–Kier alpha value is -6.70. The van der Waals surface area contributed by atoms with Crippen LogP contribution in [0.1, 0.15) is 107 Å². The second kappa shape index (κ2) is 21.1. The molecule has 0 aliphatic carbocycles. The third-order valence-electron chi connectivity index (χ3n) is 9.66. The number of carbonyl (C=O) groups is 4. The van der Waals surface area contributed by atoms with Gasteiger partial charge in [0.2, 0.25) is 11.9 Å². The zero-order chi connectivity index (χ0) is 50.4. The Morgan fingerprint density at radius 2 is 0.985 bits per heavy atom.